The van der Waals surface area contributed by atoms with Crippen LogP contribution in [0.25, 0.3) is 0 Å². The van der Waals surface area contributed by atoms with Crippen LogP contribution in [0.3, 0.4) is 0 Å². The smallest absolute Gasteiger partial charge is 0.268 e. The number of carbonyl (C=O) groups is 3. The lowest BCUT2D eigenvalue weighted by molar-refractivity contribution is -0.138. The van der Waals surface area contributed by atoms with Crippen LogP contribution in [0.1, 0.15) is 49.3 Å². The molecule has 3 aliphatic rings. The van der Waals surface area contributed by atoms with E-state index in [1.54, 1.807) is 41.0 Å². The van der Waals surface area contributed by atoms with Gasteiger partial charge in [0.1, 0.15) is 0 Å². The predicted molar refractivity (Wildman–Crippen MR) is 165 cm³/mol. The number of amides is 3. The van der Waals surface area contributed by atoms with E-state index in [0.717, 1.165) is 24.0 Å². The Kier molecular flexibility index (Phi) is 7.90. The summed E-state index contributed by atoms with van der Waals surface area (Å²) >= 11 is 0. The highest BCUT2D eigenvalue weighted by Gasteiger charge is 2.53. The normalized spacial score (nSPS) is 22.6. The summed E-state index contributed by atoms with van der Waals surface area (Å²) in [6.45, 7) is 2.68. The van der Waals surface area contributed by atoms with E-state index in [1.165, 1.54) is 4.90 Å². The lowest BCUT2D eigenvalue weighted by Gasteiger charge is -2.36. The summed E-state index contributed by atoms with van der Waals surface area (Å²) in [7, 11) is 0. The molecule has 3 aromatic carbocycles. The Morgan fingerprint density at radius 2 is 1.74 bits per heavy atom. The average Bonchev–Trinajstić information content (AvgIpc) is 3.27. The third-order valence-corrected chi connectivity index (χ3v) is 9.07. The zero-order chi connectivity index (χ0) is 30.1. The molecule has 2 N–H and O–H groups in total. The Morgan fingerprint density at radius 1 is 1.00 bits per heavy atom. The number of para-hydroxylation sites is 1. The molecule has 0 saturated carbocycles. The molecular weight excluding hydrogens is 542 g/mol. The molecule has 6 rings (SSSR count). The van der Waals surface area contributed by atoms with Crippen molar-refractivity contribution < 1.29 is 24.6 Å². The first-order valence-electron chi connectivity index (χ1n) is 15.0. The van der Waals surface area contributed by atoms with Crippen LogP contribution >= 0.6 is 0 Å². The first-order chi connectivity index (χ1) is 20.8. The average molecular weight is 580 g/mol. The Bertz CT molecular complexity index is 1570. The fourth-order valence-corrected chi connectivity index (χ4v) is 6.61. The van der Waals surface area contributed by atoms with Crippen LogP contribution in [0.4, 0.5) is 17.1 Å². The van der Waals surface area contributed by atoms with Crippen molar-refractivity contribution in [1.82, 2.24) is 4.90 Å². The van der Waals surface area contributed by atoms with Gasteiger partial charge < -0.3 is 20.0 Å². The van der Waals surface area contributed by atoms with Crippen molar-refractivity contribution in [2.75, 3.05) is 23.0 Å². The van der Waals surface area contributed by atoms with Gasteiger partial charge in [-0.2, -0.15) is 0 Å². The van der Waals surface area contributed by atoms with Crippen molar-refractivity contribution in [2.24, 2.45) is 5.92 Å². The molecule has 43 heavy (non-hydrogen) atoms. The van der Waals surface area contributed by atoms with E-state index in [1.807, 2.05) is 60.7 Å². The summed E-state index contributed by atoms with van der Waals surface area (Å²) in [5.41, 5.74) is 2.62. The molecule has 1 saturated heterocycles. The van der Waals surface area contributed by atoms with Crippen molar-refractivity contribution >= 4 is 34.8 Å². The zero-order valence-electron chi connectivity index (χ0n) is 24.4. The fourth-order valence-electron chi connectivity index (χ4n) is 6.61. The Hall–Kier alpha value is -4.27. The molecule has 3 aromatic rings. The summed E-state index contributed by atoms with van der Waals surface area (Å²) in [4.78, 5) is 45.1. The van der Waals surface area contributed by atoms with Gasteiger partial charge in [0.05, 0.1) is 18.3 Å². The second-order valence-electron chi connectivity index (χ2n) is 11.7. The van der Waals surface area contributed by atoms with Crippen LogP contribution < -0.4 is 9.80 Å². The van der Waals surface area contributed by atoms with Gasteiger partial charge in [-0.15, -0.1) is 0 Å². The largest absolute Gasteiger partial charge is 0.394 e. The molecule has 0 unspecified atom stereocenters. The highest BCUT2D eigenvalue weighted by atomic mass is 16.3. The van der Waals surface area contributed by atoms with Crippen LogP contribution in [0.5, 0.6) is 0 Å². The lowest BCUT2D eigenvalue weighted by Crippen LogP contribution is -2.46. The van der Waals surface area contributed by atoms with Crippen LogP contribution in [0, 0.1) is 5.92 Å². The van der Waals surface area contributed by atoms with Crippen molar-refractivity contribution in [3.8, 4) is 0 Å². The standard InChI is InChI=1S/C35H37N3O5/c1-24(10-9-16-33(41)37-22-26-12-6-5-11-25(26)20-29(37)23-39)35(43)30-21-28(36-19-8-7-15-32(36)40)17-18-31(30)38(34(35)42)27-13-3-2-4-14-27/h2-6,9-14,17-18,21,24,29,39,43H,7-8,15-16,19-20,22-23H2,1H3/b10-9+/t24-,29+,35+/m1/s1. The third kappa shape index (κ3) is 5.15. The number of hydrogen-bond donors (Lipinski definition) is 2. The van der Waals surface area contributed by atoms with E-state index in [0.29, 0.717) is 48.6 Å². The van der Waals surface area contributed by atoms with Gasteiger partial charge in [-0.1, -0.05) is 61.5 Å². The number of rotatable bonds is 7. The van der Waals surface area contributed by atoms with Gasteiger partial charge in [0.15, 0.2) is 5.60 Å². The number of fused-ring (bicyclic) bond motifs is 2. The molecule has 3 heterocycles. The molecule has 0 aliphatic carbocycles. The molecule has 0 spiro atoms. The Balaban J connectivity index is 1.28. The maximum absolute atomic E-state index is 14.1. The molecule has 0 aromatic heterocycles. The number of nitrogens with zero attached hydrogens (tertiary/aromatic N) is 3. The lowest BCUT2D eigenvalue weighted by atomic mass is 9.82. The SMILES string of the molecule is C[C@H](/C=C/CC(=O)N1Cc2ccccc2C[C@H]1CO)[C@@]1(O)C(=O)N(c2ccccc2)c2ccc(N3CCCCC3=O)cc21. The molecule has 3 atom stereocenters. The van der Waals surface area contributed by atoms with Gasteiger partial charge in [-0.25, -0.2) is 0 Å². The van der Waals surface area contributed by atoms with E-state index >= 15 is 0 Å². The number of aliphatic hydroxyl groups is 2. The van der Waals surface area contributed by atoms with Crippen molar-refractivity contribution in [3.05, 3.63) is 102 Å². The predicted octanol–water partition coefficient (Wildman–Crippen LogP) is 4.60. The van der Waals surface area contributed by atoms with Gasteiger partial charge in [-0.3, -0.25) is 19.3 Å². The Morgan fingerprint density at radius 3 is 2.49 bits per heavy atom. The summed E-state index contributed by atoms with van der Waals surface area (Å²) in [5.74, 6) is -1.25. The zero-order valence-corrected chi connectivity index (χ0v) is 24.4. The quantitative estimate of drug-likeness (QED) is 0.399. The number of piperidine rings is 1. The topological polar surface area (TPSA) is 101 Å². The summed E-state index contributed by atoms with van der Waals surface area (Å²) in [6.07, 6.45) is 6.33. The van der Waals surface area contributed by atoms with Crippen molar-refractivity contribution in [3.63, 3.8) is 0 Å². The molecule has 8 heteroatoms. The van der Waals surface area contributed by atoms with Crippen molar-refractivity contribution in [2.45, 2.75) is 57.2 Å². The van der Waals surface area contributed by atoms with Crippen LogP contribution in [0.2, 0.25) is 0 Å². The minimum atomic E-state index is -1.91. The number of aliphatic hydroxyl groups excluding tert-OH is 1. The highest BCUT2D eigenvalue weighted by molar-refractivity contribution is 6.12. The molecular formula is C35H37N3O5. The molecule has 0 radical (unpaired) electrons. The first-order valence-corrected chi connectivity index (χ1v) is 15.0. The number of anilines is 3. The highest BCUT2D eigenvalue weighted by Crippen LogP contribution is 2.49. The van der Waals surface area contributed by atoms with Gasteiger partial charge in [0.2, 0.25) is 11.8 Å². The Labute approximate surface area is 251 Å². The molecule has 0 bridgehead atoms. The van der Waals surface area contributed by atoms with E-state index in [2.05, 4.69) is 0 Å². The second-order valence-corrected chi connectivity index (χ2v) is 11.7. The van der Waals surface area contributed by atoms with Crippen LogP contribution in [-0.4, -0.2) is 52.0 Å². The van der Waals surface area contributed by atoms with E-state index in [9.17, 15) is 24.6 Å². The second kappa shape index (κ2) is 11.8. The summed E-state index contributed by atoms with van der Waals surface area (Å²) in [6, 6.07) is 22.3. The molecule has 8 nitrogen and oxygen atoms in total. The fraction of sp³-hybridized carbons (Fsp3) is 0.343. The summed E-state index contributed by atoms with van der Waals surface area (Å²) in [5, 5.41) is 22.2. The number of benzene rings is 3. The maximum Gasteiger partial charge on any atom is 0.268 e. The van der Waals surface area contributed by atoms with E-state index in [4.69, 9.17) is 0 Å². The van der Waals surface area contributed by atoms with Gasteiger partial charge in [0, 0.05) is 48.8 Å². The molecule has 222 valence electrons. The van der Waals surface area contributed by atoms with Gasteiger partial charge in [0.25, 0.3) is 5.91 Å². The number of hydrogen-bond acceptors (Lipinski definition) is 5. The number of carbonyl (C=O) groups excluding carboxylic acids is 3. The third-order valence-electron chi connectivity index (χ3n) is 9.07. The van der Waals surface area contributed by atoms with E-state index in [-0.39, 0.29) is 30.9 Å². The van der Waals surface area contributed by atoms with Gasteiger partial charge >= 0.3 is 0 Å². The monoisotopic (exact) mass is 579 g/mol. The van der Waals surface area contributed by atoms with Crippen LogP contribution in [-0.2, 0) is 33.0 Å². The first kappa shape index (κ1) is 28.8. The maximum atomic E-state index is 14.1. The summed E-state index contributed by atoms with van der Waals surface area (Å²) < 4.78 is 0. The van der Waals surface area contributed by atoms with Crippen LogP contribution in [0.15, 0.2) is 84.9 Å². The minimum absolute atomic E-state index is 0.0342. The van der Waals surface area contributed by atoms with Gasteiger partial charge in [-0.05, 0) is 60.7 Å². The molecule has 3 aliphatic heterocycles. The molecule has 1 fully saturated rings. The minimum Gasteiger partial charge on any atom is -0.394 e. The van der Waals surface area contributed by atoms with Crippen molar-refractivity contribution in [1.29, 1.82) is 0 Å². The molecule has 3 amide bonds. The van der Waals surface area contributed by atoms with E-state index < -0.39 is 17.4 Å².